The molecule has 2 nitrogen and oxygen atoms in total. The first kappa shape index (κ1) is 18.3. The van der Waals surface area contributed by atoms with Crippen molar-refractivity contribution >= 4 is 23.6 Å². The Hall–Kier alpha value is -2.06. The van der Waals surface area contributed by atoms with Crippen LogP contribution in [0.15, 0.2) is 54.6 Å². The summed E-state index contributed by atoms with van der Waals surface area (Å²) in [5, 5.41) is 3.67. The zero-order valence-corrected chi connectivity index (χ0v) is 15.2. The quantitative estimate of drug-likeness (QED) is 0.778. The number of rotatable bonds is 5. The second-order valence-electron chi connectivity index (χ2n) is 6.92. The minimum absolute atomic E-state index is 0.0617. The summed E-state index contributed by atoms with van der Waals surface area (Å²) in [6, 6.07) is 15.3. The first-order chi connectivity index (χ1) is 11.3. The Morgan fingerprint density at radius 3 is 2.38 bits per heavy atom. The molecule has 0 fully saturated rings. The van der Waals surface area contributed by atoms with Gasteiger partial charge in [0.25, 0.3) is 5.91 Å². The molecule has 0 unspecified atom stereocenters. The third kappa shape index (κ3) is 5.86. The molecule has 1 amide bonds. The lowest BCUT2D eigenvalue weighted by Crippen LogP contribution is -2.25. The Bertz CT molecular complexity index is 711. The Balaban J connectivity index is 1.89. The van der Waals surface area contributed by atoms with Crippen molar-refractivity contribution in [1.82, 2.24) is 5.32 Å². The van der Waals surface area contributed by atoms with Crippen LogP contribution in [0, 0.1) is 5.41 Å². The summed E-state index contributed by atoms with van der Waals surface area (Å²) in [6.07, 6.45) is 4.96. The zero-order chi connectivity index (χ0) is 17.6. The van der Waals surface area contributed by atoms with Crippen molar-refractivity contribution in [2.75, 3.05) is 6.54 Å². The standard InChI is InChI=1S/C21H24ClNO/c1-21(2,3)14-12-16-8-10-18(11-9-16)20(24)23-15-13-17-6-4-5-7-19(17)22/h4-12,14H,13,15H2,1-3H3,(H,23,24). The fourth-order valence-electron chi connectivity index (χ4n) is 2.21. The van der Waals surface area contributed by atoms with E-state index in [1.807, 2.05) is 48.5 Å². The van der Waals surface area contributed by atoms with Crippen molar-refractivity contribution in [2.45, 2.75) is 27.2 Å². The number of benzene rings is 2. The lowest BCUT2D eigenvalue weighted by atomic mass is 9.95. The predicted molar refractivity (Wildman–Crippen MR) is 102 cm³/mol. The molecular formula is C21H24ClNO. The molecule has 0 aromatic heterocycles. The summed E-state index contributed by atoms with van der Waals surface area (Å²) in [4.78, 5) is 12.2. The number of amides is 1. The second kappa shape index (κ2) is 8.16. The highest BCUT2D eigenvalue weighted by atomic mass is 35.5. The predicted octanol–water partition coefficient (Wildman–Crippen LogP) is 5.37. The van der Waals surface area contributed by atoms with Gasteiger partial charge in [-0.1, -0.05) is 74.9 Å². The molecule has 2 rings (SSSR count). The molecule has 0 saturated heterocycles. The van der Waals surface area contributed by atoms with Gasteiger partial charge in [0.15, 0.2) is 0 Å². The van der Waals surface area contributed by atoms with Gasteiger partial charge in [0, 0.05) is 17.1 Å². The number of carbonyl (C=O) groups excluding carboxylic acids is 1. The summed E-state index contributed by atoms with van der Waals surface area (Å²) in [6.45, 7) is 7.03. The van der Waals surface area contributed by atoms with E-state index in [-0.39, 0.29) is 11.3 Å². The van der Waals surface area contributed by atoms with Crippen LogP contribution < -0.4 is 5.32 Å². The summed E-state index contributed by atoms with van der Waals surface area (Å²) in [5.41, 5.74) is 2.95. The Kier molecular flexibility index (Phi) is 6.22. The fraction of sp³-hybridized carbons (Fsp3) is 0.286. The topological polar surface area (TPSA) is 29.1 Å². The lowest BCUT2D eigenvalue weighted by molar-refractivity contribution is 0.0954. The van der Waals surface area contributed by atoms with E-state index >= 15 is 0 Å². The monoisotopic (exact) mass is 341 g/mol. The minimum atomic E-state index is -0.0617. The molecule has 0 saturated carbocycles. The van der Waals surface area contributed by atoms with Crippen LogP contribution in [0.25, 0.3) is 6.08 Å². The molecule has 1 N–H and O–H groups in total. The van der Waals surface area contributed by atoms with Gasteiger partial charge in [-0.05, 0) is 41.2 Å². The molecule has 24 heavy (non-hydrogen) atoms. The van der Waals surface area contributed by atoms with Crippen LogP contribution in [0.4, 0.5) is 0 Å². The maximum absolute atomic E-state index is 12.2. The Morgan fingerprint density at radius 2 is 1.75 bits per heavy atom. The van der Waals surface area contributed by atoms with E-state index in [9.17, 15) is 4.79 Å². The van der Waals surface area contributed by atoms with Crippen LogP contribution >= 0.6 is 11.6 Å². The molecular weight excluding hydrogens is 318 g/mol. The van der Waals surface area contributed by atoms with E-state index in [2.05, 4.69) is 38.2 Å². The van der Waals surface area contributed by atoms with Gasteiger partial charge in [0.05, 0.1) is 0 Å². The van der Waals surface area contributed by atoms with Crippen LogP contribution in [-0.4, -0.2) is 12.5 Å². The third-order valence-corrected chi connectivity index (χ3v) is 3.96. The van der Waals surface area contributed by atoms with E-state index in [1.165, 1.54) is 0 Å². The van der Waals surface area contributed by atoms with E-state index < -0.39 is 0 Å². The molecule has 0 spiro atoms. The van der Waals surface area contributed by atoms with E-state index in [0.717, 1.165) is 22.6 Å². The van der Waals surface area contributed by atoms with Crippen LogP contribution in [0.2, 0.25) is 5.02 Å². The van der Waals surface area contributed by atoms with Gasteiger partial charge in [-0.2, -0.15) is 0 Å². The SMILES string of the molecule is CC(C)(C)C=Cc1ccc(C(=O)NCCc2ccccc2Cl)cc1. The van der Waals surface area contributed by atoms with Crippen LogP contribution in [0.3, 0.4) is 0 Å². The molecule has 2 aromatic rings. The van der Waals surface area contributed by atoms with Crippen molar-refractivity contribution in [1.29, 1.82) is 0 Å². The number of hydrogen-bond donors (Lipinski definition) is 1. The number of nitrogens with one attached hydrogen (secondary N) is 1. The summed E-state index contributed by atoms with van der Waals surface area (Å²) >= 11 is 6.12. The smallest absolute Gasteiger partial charge is 0.251 e. The van der Waals surface area contributed by atoms with Gasteiger partial charge in [-0.15, -0.1) is 0 Å². The average molecular weight is 342 g/mol. The van der Waals surface area contributed by atoms with Crippen molar-refractivity contribution in [3.8, 4) is 0 Å². The van der Waals surface area contributed by atoms with Crippen molar-refractivity contribution in [3.63, 3.8) is 0 Å². The summed E-state index contributed by atoms with van der Waals surface area (Å²) < 4.78 is 0. The highest BCUT2D eigenvalue weighted by Crippen LogP contribution is 2.17. The van der Waals surface area contributed by atoms with Gasteiger partial charge in [0.1, 0.15) is 0 Å². The molecule has 0 heterocycles. The molecule has 0 radical (unpaired) electrons. The van der Waals surface area contributed by atoms with Crippen molar-refractivity contribution in [3.05, 3.63) is 76.3 Å². The number of allylic oxidation sites excluding steroid dienone is 1. The van der Waals surface area contributed by atoms with Crippen LogP contribution in [-0.2, 0) is 6.42 Å². The highest BCUT2D eigenvalue weighted by molar-refractivity contribution is 6.31. The maximum atomic E-state index is 12.2. The van der Waals surface area contributed by atoms with E-state index in [0.29, 0.717) is 12.1 Å². The van der Waals surface area contributed by atoms with Gasteiger partial charge >= 0.3 is 0 Å². The second-order valence-corrected chi connectivity index (χ2v) is 7.33. The molecule has 0 aliphatic carbocycles. The number of halogens is 1. The molecule has 126 valence electrons. The molecule has 0 aliphatic heterocycles. The molecule has 0 atom stereocenters. The van der Waals surface area contributed by atoms with Gasteiger partial charge in [0.2, 0.25) is 0 Å². The minimum Gasteiger partial charge on any atom is -0.352 e. The molecule has 3 heteroatoms. The van der Waals surface area contributed by atoms with Gasteiger partial charge < -0.3 is 5.32 Å². The van der Waals surface area contributed by atoms with E-state index in [1.54, 1.807) is 0 Å². The molecule has 0 bridgehead atoms. The first-order valence-corrected chi connectivity index (χ1v) is 8.54. The first-order valence-electron chi connectivity index (χ1n) is 8.16. The third-order valence-electron chi connectivity index (χ3n) is 3.59. The van der Waals surface area contributed by atoms with Crippen LogP contribution in [0.1, 0.15) is 42.3 Å². The lowest BCUT2D eigenvalue weighted by Gasteiger charge is -2.11. The van der Waals surface area contributed by atoms with Crippen molar-refractivity contribution in [2.24, 2.45) is 5.41 Å². The number of carbonyl (C=O) groups is 1. The fourth-order valence-corrected chi connectivity index (χ4v) is 2.44. The van der Waals surface area contributed by atoms with Crippen molar-refractivity contribution < 1.29 is 4.79 Å². The summed E-state index contributed by atoms with van der Waals surface area (Å²) in [5.74, 6) is -0.0617. The maximum Gasteiger partial charge on any atom is 0.251 e. The summed E-state index contributed by atoms with van der Waals surface area (Å²) in [7, 11) is 0. The van der Waals surface area contributed by atoms with E-state index in [4.69, 9.17) is 11.6 Å². The number of hydrogen-bond acceptors (Lipinski definition) is 1. The van der Waals surface area contributed by atoms with Crippen LogP contribution in [0.5, 0.6) is 0 Å². The van der Waals surface area contributed by atoms with Gasteiger partial charge in [-0.3, -0.25) is 4.79 Å². The largest absolute Gasteiger partial charge is 0.352 e. The Morgan fingerprint density at radius 1 is 1.08 bits per heavy atom. The van der Waals surface area contributed by atoms with Gasteiger partial charge in [-0.25, -0.2) is 0 Å². The molecule has 2 aromatic carbocycles. The highest BCUT2D eigenvalue weighted by Gasteiger charge is 2.06. The normalized spacial score (nSPS) is 11.7. The molecule has 0 aliphatic rings. The Labute approximate surface area is 149 Å². The zero-order valence-electron chi connectivity index (χ0n) is 14.5. The average Bonchev–Trinajstić information content (AvgIpc) is 2.54.